The zero-order valence-electron chi connectivity index (χ0n) is 11.3. The van der Waals surface area contributed by atoms with E-state index in [2.05, 4.69) is 25.6 Å². The van der Waals surface area contributed by atoms with Gasteiger partial charge in [0.2, 0.25) is 0 Å². The predicted octanol–water partition coefficient (Wildman–Crippen LogP) is 3.70. The Morgan fingerprint density at radius 2 is 1.71 bits per heavy atom. The summed E-state index contributed by atoms with van der Waals surface area (Å²) in [6, 6.07) is 16.1. The van der Waals surface area contributed by atoms with Crippen LogP contribution in [0.3, 0.4) is 0 Å². The fourth-order valence-corrected chi connectivity index (χ4v) is 2.84. The molecule has 0 saturated carbocycles. The van der Waals surface area contributed by atoms with Gasteiger partial charge in [0, 0.05) is 0 Å². The van der Waals surface area contributed by atoms with Crippen molar-refractivity contribution in [2.45, 2.75) is 12.4 Å². The van der Waals surface area contributed by atoms with Crippen molar-refractivity contribution in [2.24, 2.45) is 0 Å². The van der Waals surface area contributed by atoms with Crippen LogP contribution in [-0.4, -0.2) is 19.5 Å². The Labute approximate surface area is 126 Å². The molecule has 0 aliphatic heterocycles. The number of aromatic amines is 1. The molecule has 0 spiro atoms. The molecular formula is C16H13ClN4. The lowest BCUT2D eigenvalue weighted by molar-refractivity contribution is 0.745. The molecule has 104 valence electrons. The minimum absolute atomic E-state index is 0.384. The first-order valence-corrected chi connectivity index (χ1v) is 7.32. The van der Waals surface area contributed by atoms with Gasteiger partial charge >= 0.3 is 0 Å². The van der Waals surface area contributed by atoms with Crippen molar-refractivity contribution >= 4 is 33.7 Å². The van der Waals surface area contributed by atoms with Crippen LogP contribution in [0.25, 0.3) is 22.1 Å². The van der Waals surface area contributed by atoms with Gasteiger partial charge in [-0.15, -0.1) is 11.6 Å². The quantitative estimate of drug-likeness (QED) is 0.586. The second-order valence-electron chi connectivity index (χ2n) is 4.94. The second-order valence-corrected chi connectivity index (χ2v) is 5.20. The lowest BCUT2D eigenvalue weighted by Gasteiger charge is -2.05. The van der Waals surface area contributed by atoms with E-state index in [1.165, 1.54) is 0 Å². The average molecular weight is 297 g/mol. The molecule has 0 bridgehead atoms. The molecule has 0 saturated heterocycles. The van der Waals surface area contributed by atoms with E-state index >= 15 is 0 Å². The van der Waals surface area contributed by atoms with E-state index in [1.54, 1.807) is 0 Å². The summed E-state index contributed by atoms with van der Waals surface area (Å²) in [6.45, 7) is 0.636. The van der Waals surface area contributed by atoms with Crippen LogP contribution < -0.4 is 0 Å². The number of rotatable bonds is 3. The smallest absolute Gasteiger partial charge is 0.127 e. The summed E-state index contributed by atoms with van der Waals surface area (Å²) < 4.78 is 2.11. The Bertz CT molecular complexity index is 889. The van der Waals surface area contributed by atoms with Crippen LogP contribution >= 0.6 is 11.6 Å². The Kier molecular flexibility index (Phi) is 2.89. The maximum Gasteiger partial charge on any atom is 0.127 e. The van der Waals surface area contributed by atoms with Crippen molar-refractivity contribution in [3.05, 3.63) is 60.2 Å². The number of fused-ring (bicyclic) bond motifs is 2. The zero-order valence-corrected chi connectivity index (χ0v) is 12.0. The lowest BCUT2D eigenvalue weighted by Crippen LogP contribution is -2.05. The van der Waals surface area contributed by atoms with Crippen LogP contribution in [0.4, 0.5) is 0 Å². The largest absolute Gasteiger partial charge is 0.340 e. The Balaban J connectivity index is 1.82. The number of nitrogens with one attached hydrogen (secondary N) is 1. The molecule has 4 nitrogen and oxygen atoms in total. The molecule has 1 N–H and O–H groups in total. The highest BCUT2D eigenvalue weighted by atomic mass is 35.5. The van der Waals surface area contributed by atoms with Gasteiger partial charge in [0.05, 0.1) is 34.5 Å². The number of benzene rings is 2. The summed E-state index contributed by atoms with van der Waals surface area (Å²) in [5, 5.41) is 0. The van der Waals surface area contributed by atoms with Crippen molar-refractivity contribution < 1.29 is 0 Å². The van der Waals surface area contributed by atoms with Gasteiger partial charge in [-0.2, -0.15) is 0 Å². The number of halogens is 1. The summed E-state index contributed by atoms with van der Waals surface area (Å²) in [6.07, 6.45) is 0. The predicted molar refractivity (Wildman–Crippen MR) is 84.5 cm³/mol. The van der Waals surface area contributed by atoms with E-state index < -0.39 is 0 Å². The topological polar surface area (TPSA) is 46.5 Å². The van der Waals surface area contributed by atoms with Crippen molar-refractivity contribution in [1.29, 1.82) is 0 Å². The standard InChI is InChI=1S/C16H13ClN4/c17-9-16-20-13-7-3-4-8-14(13)21(16)10-15-18-11-5-1-2-6-12(11)19-15/h1-8H,9-10H2,(H,18,19). The second kappa shape index (κ2) is 4.90. The van der Waals surface area contributed by atoms with Crippen molar-refractivity contribution in [3.63, 3.8) is 0 Å². The van der Waals surface area contributed by atoms with Crippen LogP contribution in [0.1, 0.15) is 11.6 Å². The van der Waals surface area contributed by atoms with Crippen LogP contribution in [0.2, 0.25) is 0 Å². The number of imidazole rings is 2. The monoisotopic (exact) mass is 296 g/mol. The third kappa shape index (κ3) is 2.08. The van der Waals surface area contributed by atoms with Gasteiger partial charge in [-0.1, -0.05) is 24.3 Å². The van der Waals surface area contributed by atoms with E-state index in [0.29, 0.717) is 12.4 Å². The molecular weight excluding hydrogens is 284 g/mol. The normalized spacial score (nSPS) is 11.5. The molecule has 0 aliphatic carbocycles. The van der Waals surface area contributed by atoms with Crippen LogP contribution in [0.5, 0.6) is 0 Å². The van der Waals surface area contributed by atoms with Crippen molar-refractivity contribution in [2.75, 3.05) is 0 Å². The summed E-state index contributed by atoms with van der Waals surface area (Å²) >= 11 is 6.03. The first-order valence-electron chi connectivity index (χ1n) is 6.79. The molecule has 2 aromatic heterocycles. The SMILES string of the molecule is ClCc1nc2ccccc2n1Cc1nc2ccccc2[nH]1. The number of nitrogens with zero attached hydrogens (tertiary/aromatic N) is 3. The van der Waals surface area contributed by atoms with Gasteiger partial charge in [-0.25, -0.2) is 9.97 Å². The number of alkyl halides is 1. The Morgan fingerprint density at radius 1 is 0.952 bits per heavy atom. The van der Waals surface area contributed by atoms with Gasteiger partial charge in [0.15, 0.2) is 0 Å². The van der Waals surface area contributed by atoms with E-state index in [4.69, 9.17) is 11.6 Å². The van der Waals surface area contributed by atoms with E-state index in [0.717, 1.165) is 33.7 Å². The lowest BCUT2D eigenvalue weighted by atomic mass is 10.3. The van der Waals surface area contributed by atoms with E-state index in [-0.39, 0.29) is 0 Å². The van der Waals surface area contributed by atoms with Gasteiger partial charge < -0.3 is 9.55 Å². The van der Waals surface area contributed by atoms with Gasteiger partial charge in [-0.3, -0.25) is 0 Å². The molecule has 5 heteroatoms. The molecule has 0 aliphatic rings. The van der Waals surface area contributed by atoms with Crippen molar-refractivity contribution in [1.82, 2.24) is 19.5 Å². The van der Waals surface area contributed by atoms with E-state index in [9.17, 15) is 0 Å². The van der Waals surface area contributed by atoms with Crippen LogP contribution in [-0.2, 0) is 12.4 Å². The highest BCUT2D eigenvalue weighted by Crippen LogP contribution is 2.19. The average Bonchev–Trinajstić information content (AvgIpc) is 3.08. The number of para-hydroxylation sites is 4. The molecule has 4 rings (SSSR count). The molecule has 0 radical (unpaired) electrons. The van der Waals surface area contributed by atoms with Crippen LogP contribution in [0, 0.1) is 0 Å². The molecule has 0 unspecified atom stereocenters. The van der Waals surface area contributed by atoms with Gasteiger partial charge in [0.1, 0.15) is 11.6 Å². The maximum atomic E-state index is 6.03. The minimum atomic E-state index is 0.384. The fraction of sp³-hybridized carbons (Fsp3) is 0.125. The highest BCUT2D eigenvalue weighted by molar-refractivity contribution is 6.16. The highest BCUT2D eigenvalue weighted by Gasteiger charge is 2.11. The summed E-state index contributed by atoms with van der Waals surface area (Å²) in [7, 11) is 0. The summed E-state index contributed by atoms with van der Waals surface area (Å²) in [5.41, 5.74) is 4.06. The molecule has 2 aromatic carbocycles. The molecule has 0 amide bonds. The maximum absolute atomic E-state index is 6.03. The van der Waals surface area contributed by atoms with Gasteiger partial charge in [-0.05, 0) is 24.3 Å². The number of aromatic nitrogens is 4. The number of H-pyrrole nitrogens is 1. The molecule has 21 heavy (non-hydrogen) atoms. The fourth-order valence-electron chi connectivity index (χ4n) is 2.63. The minimum Gasteiger partial charge on any atom is -0.340 e. The third-order valence-electron chi connectivity index (χ3n) is 3.60. The summed E-state index contributed by atoms with van der Waals surface area (Å²) in [5.74, 6) is 2.15. The Morgan fingerprint density at radius 3 is 2.52 bits per heavy atom. The molecule has 0 atom stereocenters. The number of hydrogen-bond donors (Lipinski definition) is 1. The molecule has 4 aromatic rings. The van der Waals surface area contributed by atoms with Gasteiger partial charge in [0.25, 0.3) is 0 Å². The van der Waals surface area contributed by atoms with Crippen LogP contribution in [0.15, 0.2) is 48.5 Å². The third-order valence-corrected chi connectivity index (χ3v) is 3.84. The summed E-state index contributed by atoms with van der Waals surface area (Å²) in [4.78, 5) is 12.5. The first-order chi connectivity index (χ1) is 10.3. The number of hydrogen-bond acceptors (Lipinski definition) is 2. The molecule has 0 fully saturated rings. The zero-order chi connectivity index (χ0) is 14.2. The Hall–Kier alpha value is -2.33. The van der Waals surface area contributed by atoms with E-state index in [1.807, 2.05) is 42.5 Å². The first kappa shape index (κ1) is 12.4. The molecule has 2 heterocycles. The van der Waals surface area contributed by atoms with Crippen molar-refractivity contribution in [3.8, 4) is 0 Å².